The number of rotatable bonds is 5. The Morgan fingerprint density at radius 3 is 2.84 bits per heavy atom. The molecule has 0 saturated heterocycles. The number of amides is 1. The summed E-state index contributed by atoms with van der Waals surface area (Å²) < 4.78 is 1.70. The molecule has 3 rings (SSSR count). The Kier molecular flexibility index (Phi) is 4.98. The van der Waals surface area contributed by atoms with Crippen LogP contribution in [0.1, 0.15) is 35.5 Å². The van der Waals surface area contributed by atoms with Crippen molar-refractivity contribution in [1.82, 2.24) is 29.9 Å². The molecule has 0 saturated carbocycles. The molecule has 1 unspecified atom stereocenters. The van der Waals surface area contributed by atoms with Gasteiger partial charge in [-0.2, -0.15) is 4.98 Å². The van der Waals surface area contributed by atoms with Gasteiger partial charge in [-0.3, -0.25) is 9.78 Å². The Labute approximate surface area is 150 Å². The van der Waals surface area contributed by atoms with E-state index in [0.29, 0.717) is 10.9 Å². The molecule has 0 bridgehead atoms. The molecule has 0 fully saturated rings. The van der Waals surface area contributed by atoms with Crippen molar-refractivity contribution in [2.75, 3.05) is 6.26 Å². The molecule has 3 aromatic heterocycles. The van der Waals surface area contributed by atoms with Crippen molar-refractivity contribution in [3.63, 3.8) is 0 Å². The first kappa shape index (κ1) is 17.3. The molecule has 0 aliphatic carbocycles. The fourth-order valence-corrected chi connectivity index (χ4v) is 3.04. The van der Waals surface area contributed by atoms with Gasteiger partial charge in [-0.15, -0.1) is 5.10 Å². The first-order valence-electron chi connectivity index (χ1n) is 7.95. The normalized spacial score (nSPS) is 12.3. The molecule has 0 aliphatic rings. The molecule has 0 radical (unpaired) electrons. The van der Waals surface area contributed by atoms with E-state index in [4.69, 9.17) is 0 Å². The number of nitrogens with zero attached hydrogens (tertiary/aromatic N) is 5. The smallest absolute Gasteiger partial charge is 0.253 e. The third-order valence-electron chi connectivity index (χ3n) is 4.11. The first-order valence-corrected chi connectivity index (χ1v) is 9.18. The zero-order valence-electron chi connectivity index (χ0n) is 14.6. The van der Waals surface area contributed by atoms with Crippen LogP contribution < -0.4 is 5.32 Å². The highest BCUT2D eigenvalue weighted by Gasteiger charge is 2.17. The van der Waals surface area contributed by atoms with Crippen molar-refractivity contribution >= 4 is 23.4 Å². The summed E-state index contributed by atoms with van der Waals surface area (Å²) in [4.78, 5) is 25.4. The number of aryl methyl sites for hydroxylation is 2. The standard InChI is InChI=1S/C17H20N6OS/c1-10(13-6-5-7-18-9-13)19-15(24)8-14-11(2)20-16-21-17(25-4)22-23(16)12(14)3/h5-7,9-10H,8H2,1-4H3,(H,19,24). The van der Waals surface area contributed by atoms with Gasteiger partial charge in [0.25, 0.3) is 5.78 Å². The van der Waals surface area contributed by atoms with E-state index >= 15 is 0 Å². The van der Waals surface area contributed by atoms with Gasteiger partial charge in [0.1, 0.15) is 0 Å². The molecule has 25 heavy (non-hydrogen) atoms. The number of pyridine rings is 1. The SMILES string of the molecule is CSc1nc2nc(C)c(CC(=O)NC(C)c3cccnc3)c(C)n2n1. The third-order valence-corrected chi connectivity index (χ3v) is 4.65. The van der Waals surface area contributed by atoms with Gasteiger partial charge in [0.05, 0.1) is 12.5 Å². The Morgan fingerprint density at radius 1 is 1.36 bits per heavy atom. The molecule has 1 atom stereocenters. The highest BCUT2D eigenvalue weighted by Crippen LogP contribution is 2.18. The molecule has 1 N–H and O–H groups in total. The lowest BCUT2D eigenvalue weighted by Gasteiger charge is -2.15. The molecule has 130 valence electrons. The van der Waals surface area contributed by atoms with Gasteiger partial charge in [-0.25, -0.2) is 9.50 Å². The van der Waals surface area contributed by atoms with Crippen LogP contribution in [0.2, 0.25) is 0 Å². The Hall–Kier alpha value is -2.48. The van der Waals surface area contributed by atoms with Crippen molar-refractivity contribution in [3.05, 3.63) is 47.0 Å². The lowest BCUT2D eigenvalue weighted by molar-refractivity contribution is -0.121. The van der Waals surface area contributed by atoms with Crippen molar-refractivity contribution < 1.29 is 4.79 Å². The molecule has 3 heterocycles. The van der Waals surface area contributed by atoms with Crippen LogP contribution in [0.3, 0.4) is 0 Å². The number of carbonyl (C=O) groups is 1. The second-order valence-electron chi connectivity index (χ2n) is 5.82. The zero-order chi connectivity index (χ0) is 18.0. The van der Waals surface area contributed by atoms with Crippen LogP contribution >= 0.6 is 11.8 Å². The number of fused-ring (bicyclic) bond motifs is 1. The van der Waals surface area contributed by atoms with E-state index in [0.717, 1.165) is 22.5 Å². The predicted molar refractivity (Wildman–Crippen MR) is 96.5 cm³/mol. The molecular weight excluding hydrogens is 336 g/mol. The lowest BCUT2D eigenvalue weighted by atomic mass is 10.1. The summed E-state index contributed by atoms with van der Waals surface area (Å²) in [5.74, 6) is 0.501. The Bertz CT molecular complexity index is 908. The molecule has 8 heteroatoms. The predicted octanol–water partition coefficient (Wildman–Crippen LogP) is 2.28. The van der Waals surface area contributed by atoms with Crippen LogP contribution in [-0.2, 0) is 11.2 Å². The largest absolute Gasteiger partial charge is 0.349 e. The average Bonchev–Trinajstić information content (AvgIpc) is 3.02. The number of aromatic nitrogens is 5. The monoisotopic (exact) mass is 356 g/mol. The first-order chi connectivity index (χ1) is 12.0. The van der Waals surface area contributed by atoms with Crippen LogP contribution in [0.4, 0.5) is 0 Å². The molecule has 0 aliphatic heterocycles. The topological polar surface area (TPSA) is 85.1 Å². The molecule has 0 spiro atoms. The van der Waals surface area contributed by atoms with E-state index in [9.17, 15) is 4.79 Å². The second kappa shape index (κ2) is 7.18. The molecule has 1 amide bonds. The van der Waals surface area contributed by atoms with Crippen LogP contribution in [-0.4, -0.2) is 36.7 Å². The summed E-state index contributed by atoms with van der Waals surface area (Å²) in [6, 6.07) is 3.70. The van der Waals surface area contributed by atoms with Crippen molar-refractivity contribution in [3.8, 4) is 0 Å². The van der Waals surface area contributed by atoms with Gasteiger partial charge in [-0.1, -0.05) is 17.8 Å². The van der Waals surface area contributed by atoms with Gasteiger partial charge in [-0.05, 0) is 38.7 Å². The van der Waals surface area contributed by atoms with E-state index in [1.807, 2.05) is 39.2 Å². The van der Waals surface area contributed by atoms with E-state index in [-0.39, 0.29) is 18.4 Å². The molecule has 0 aromatic carbocycles. The highest BCUT2D eigenvalue weighted by molar-refractivity contribution is 7.98. The van der Waals surface area contributed by atoms with Gasteiger partial charge in [0.2, 0.25) is 11.1 Å². The number of carbonyl (C=O) groups excluding carboxylic acids is 1. The fourth-order valence-electron chi connectivity index (χ4n) is 2.70. The maximum atomic E-state index is 12.5. The minimum atomic E-state index is -0.104. The van der Waals surface area contributed by atoms with Crippen molar-refractivity contribution in [1.29, 1.82) is 0 Å². The Balaban J connectivity index is 1.81. The zero-order valence-corrected chi connectivity index (χ0v) is 15.5. The minimum absolute atomic E-state index is 0.0612. The molecular formula is C17H20N6OS. The average molecular weight is 356 g/mol. The number of hydrogen-bond donors (Lipinski definition) is 1. The summed E-state index contributed by atoms with van der Waals surface area (Å²) in [7, 11) is 0. The third kappa shape index (κ3) is 3.63. The number of hydrogen-bond acceptors (Lipinski definition) is 6. The quantitative estimate of drug-likeness (QED) is 0.706. The number of thioether (sulfide) groups is 1. The number of nitrogens with one attached hydrogen (secondary N) is 1. The Morgan fingerprint density at radius 2 is 2.16 bits per heavy atom. The second-order valence-corrected chi connectivity index (χ2v) is 6.60. The van der Waals surface area contributed by atoms with E-state index in [1.165, 1.54) is 11.8 Å². The lowest BCUT2D eigenvalue weighted by Crippen LogP contribution is -2.29. The molecule has 3 aromatic rings. The highest BCUT2D eigenvalue weighted by atomic mass is 32.2. The minimum Gasteiger partial charge on any atom is -0.349 e. The summed E-state index contributed by atoms with van der Waals surface area (Å²) in [5, 5.41) is 8.09. The van der Waals surface area contributed by atoms with Crippen LogP contribution in [0.5, 0.6) is 0 Å². The molecule has 7 nitrogen and oxygen atoms in total. The van der Waals surface area contributed by atoms with E-state index < -0.39 is 0 Å². The summed E-state index contributed by atoms with van der Waals surface area (Å²) in [5.41, 5.74) is 3.54. The maximum Gasteiger partial charge on any atom is 0.253 e. The summed E-state index contributed by atoms with van der Waals surface area (Å²) in [6.45, 7) is 5.78. The fraction of sp³-hybridized carbons (Fsp3) is 0.353. The van der Waals surface area contributed by atoms with Gasteiger partial charge >= 0.3 is 0 Å². The van der Waals surface area contributed by atoms with Crippen LogP contribution in [0.25, 0.3) is 5.78 Å². The van der Waals surface area contributed by atoms with Gasteiger partial charge in [0, 0.05) is 29.3 Å². The van der Waals surface area contributed by atoms with E-state index in [1.54, 1.807) is 16.9 Å². The summed E-state index contributed by atoms with van der Waals surface area (Å²) >= 11 is 1.47. The van der Waals surface area contributed by atoms with Gasteiger partial charge < -0.3 is 5.32 Å². The van der Waals surface area contributed by atoms with Gasteiger partial charge in [0.15, 0.2) is 0 Å². The van der Waals surface area contributed by atoms with Crippen LogP contribution in [0, 0.1) is 13.8 Å². The van der Waals surface area contributed by atoms with Crippen LogP contribution in [0.15, 0.2) is 29.7 Å². The summed E-state index contributed by atoms with van der Waals surface area (Å²) in [6.07, 6.45) is 5.64. The van der Waals surface area contributed by atoms with Crippen molar-refractivity contribution in [2.45, 2.75) is 38.4 Å². The van der Waals surface area contributed by atoms with Crippen molar-refractivity contribution in [2.24, 2.45) is 0 Å². The van der Waals surface area contributed by atoms with E-state index in [2.05, 4.69) is 25.4 Å². The maximum absolute atomic E-state index is 12.5.